The average molecular weight is 314 g/mol. The molecule has 1 aliphatic rings. The number of hydrogen-bond acceptors (Lipinski definition) is 6. The minimum atomic E-state index is -3.74. The van der Waals surface area contributed by atoms with E-state index in [4.69, 9.17) is 5.84 Å². The van der Waals surface area contributed by atoms with Gasteiger partial charge in [-0.25, -0.2) is 19.2 Å². The third-order valence-corrected chi connectivity index (χ3v) is 5.78. The molecule has 0 saturated heterocycles. The molecule has 4 N–H and O–H groups in total. The van der Waals surface area contributed by atoms with Crippen LogP contribution in [0.2, 0.25) is 0 Å². The first-order valence-corrected chi connectivity index (χ1v) is 8.59. The van der Waals surface area contributed by atoms with Gasteiger partial charge < -0.3 is 10.5 Å². The lowest BCUT2D eigenvalue weighted by atomic mass is 9.95. The molecule has 0 aromatic carbocycles. The number of hydrazine groups is 1. The Morgan fingerprint density at radius 1 is 1.38 bits per heavy atom. The van der Waals surface area contributed by atoms with Crippen LogP contribution in [-0.4, -0.2) is 42.0 Å². The molecule has 0 aliphatic heterocycles. The number of sulfonamides is 1. The molecule has 2 rings (SSSR count). The zero-order valence-corrected chi connectivity index (χ0v) is 12.7. The molecule has 1 fully saturated rings. The van der Waals surface area contributed by atoms with Crippen molar-refractivity contribution in [1.29, 1.82) is 0 Å². The van der Waals surface area contributed by atoms with E-state index in [0.29, 0.717) is 0 Å². The van der Waals surface area contributed by atoms with Gasteiger partial charge in [-0.1, -0.05) is 19.3 Å². The predicted molar refractivity (Wildman–Crippen MR) is 79.9 cm³/mol. The van der Waals surface area contributed by atoms with Gasteiger partial charge in [-0.15, -0.1) is 0 Å². The molecule has 0 amide bonds. The van der Waals surface area contributed by atoms with Crippen molar-refractivity contribution in [2.24, 2.45) is 5.84 Å². The normalized spacial score (nSPS) is 17.1. The van der Waals surface area contributed by atoms with Gasteiger partial charge in [0.1, 0.15) is 4.90 Å². The van der Waals surface area contributed by atoms with Crippen molar-refractivity contribution >= 4 is 15.8 Å². The average Bonchev–Trinajstić information content (AvgIpc) is 2.53. The Morgan fingerprint density at radius 2 is 2.10 bits per heavy atom. The molecule has 1 heterocycles. The fraction of sp³-hybridized carbons (Fsp3) is 0.615. The molecular weight excluding hydrogens is 292 g/mol. The molecule has 0 spiro atoms. The lowest BCUT2D eigenvalue weighted by molar-refractivity contribution is 0.199. The van der Waals surface area contributed by atoms with Crippen molar-refractivity contribution < 1.29 is 13.5 Å². The van der Waals surface area contributed by atoms with Gasteiger partial charge in [0.05, 0.1) is 6.61 Å². The topological polar surface area (TPSA) is 109 Å². The number of nitrogens with two attached hydrogens (primary N) is 1. The number of aliphatic hydroxyl groups excluding tert-OH is 1. The van der Waals surface area contributed by atoms with E-state index in [0.717, 1.165) is 32.1 Å². The summed E-state index contributed by atoms with van der Waals surface area (Å²) in [6.45, 7) is -0.118. The summed E-state index contributed by atoms with van der Waals surface area (Å²) in [5.74, 6) is 5.48. The van der Waals surface area contributed by atoms with E-state index in [9.17, 15) is 13.5 Å². The monoisotopic (exact) mass is 314 g/mol. The Morgan fingerprint density at radius 3 is 2.71 bits per heavy atom. The summed E-state index contributed by atoms with van der Waals surface area (Å²) in [4.78, 5) is 3.99. The Balaban J connectivity index is 2.37. The van der Waals surface area contributed by atoms with Gasteiger partial charge >= 0.3 is 0 Å². The van der Waals surface area contributed by atoms with E-state index < -0.39 is 10.0 Å². The zero-order valence-electron chi connectivity index (χ0n) is 11.9. The molecule has 1 aromatic rings. The van der Waals surface area contributed by atoms with Gasteiger partial charge in [0, 0.05) is 18.8 Å². The fourth-order valence-electron chi connectivity index (χ4n) is 2.80. The highest BCUT2D eigenvalue weighted by Gasteiger charge is 2.33. The number of nitrogen functional groups attached to an aromatic ring is 1. The maximum Gasteiger partial charge on any atom is 0.247 e. The SMILES string of the molecule is NNc1ncccc1S(=O)(=O)N(CCO)C1CCCCC1. The number of aliphatic hydroxyl groups is 1. The molecule has 118 valence electrons. The van der Waals surface area contributed by atoms with Crippen molar-refractivity contribution in [3.8, 4) is 0 Å². The lowest BCUT2D eigenvalue weighted by Crippen LogP contribution is -2.43. The second-order valence-corrected chi connectivity index (χ2v) is 6.98. The van der Waals surface area contributed by atoms with Crippen molar-refractivity contribution in [2.45, 2.75) is 43.0 Å². The maximum atomic E-state index is 12.9. The first-order valence-electron chi connectivity index (χ1n) is 7.15. The molecule has 0 atom stereocenters. The quantitative estimate of drug-likeness (QED) is 0.526. The minimum absolute atomic E-state index is 0.0477. The Kier molecular flexibility index (Phi) is 5.51. The molecule has 1 aromatic heterocycles. The Hall–Kier alpha value is -1.22. The minimum Gasteiger partial charge on any atom is -0.395 e. The standard InChI is InChI=1S/C13H22N4O3S/c14-16-13-12(7-4-8-15-13)21(19,20)17(9-10-18)11-5-2-1-3-6-11/h4,7-8,11,18H,1-3,5-6,9-10,14H2,(H,15,16). The zero-order chi connectivity index (χ0) is 15.3. The van der Waals surface area contributed by atoms with Crippen molar-refractivity contribution in [1.82, 2.24) is 9.29 Å². The molecule has 21 heavy (non-hydrogen) atoms. The van der Waals surface area contributed by atoms with E-state index in [1.165, 1.54) is 16.6 Å². The molecule has 0 bridgehead atoms. The highest BCUT2D eigenvalue weighted by Crippen LogP contribution is 2.29. The van der Waals surface area contributed by atoms with Crippen molar-refractivity contribution in [3.05, 3.63) is 18.3 Å². The number of nitrogens with zero attached hydrogens (tertiary/aromatic N) is 2. The van der Waals surface area contributed by atoms with Crippen LogP contribution in [0.15, 0.2) is 23.2 Å². The smallest absolute Gasteiger partial charge is 0.247 e. The Bertz CT molecular complexity index is 558. The van der Waals surface area contributed by atoms with E-state index >= 15 is 0 Å². The van der Waals surface area contributed by atoms with Gasteiger partial charge in [-0.3, -0.25) is 0 Å². The number of pyridine rings is 1. The summed E-state index contributed by atoms with van der Waals surface area (Å²) >= 11 is 0. The van der Waals surface area contributed by atoms with E-state index in [1.54, 1.807) is 6.07 Å². The molecule has 1 aliphatic carbocycles. The number of nitrogens with one attached hydrogen (secondary N) is 1. The first-order chi connectivity index (χ1) is 10.1. The highest BCUT2D eigenvalue weighted by molar-refractivity contribution is 7.89. The first kappa shape index (κ1) is 16.2. The van der Waals surface area contributed by atoms with Gasteiger partial charge in [-0.05, 0) is 25.0 Å². The highest BCUT2D eigenvalue weighted by atomic mass is 32.2. The van der Waals surface area contributed by atoms with Crippen LogP contribution in [-0.2, 0) is 10.0 Å². The largest absolute Gasteiger partial charge is 0.395 e. The van der Waals surface area contributed by atoms with Gasteiger partial charge in [0.15, 0.2) is 5.82 Å². The number of anilines is 1. The second-order valence-electron chi connectivity index (χ2n) is 5.13. The predicted octanol–water partition coefficient (Wildman–Crippen LogP) is 0.683. The lowest BCUT2D eigenvalue weighted by Gasteiger charge is -2.33. The number of hydrogen-bond donors (Lipinski definition) is 3. The molecule has 1 saturated carbocycles. The summed E-state index contributed by atoms with van der Waals surface area (Å²) < 4.78 is 27.2. The number of aromatic nitrogens is 1. The van der Waals surface area contributed by atoms with Crippen LogP contribution >= 0.6 is 0 Å². The second kappa shape index (κ2) is 7.17. The van der Waals surface area contributed by atoms with Gasteiger partial charge in [-0.2, -0.15) is 4.31 Å². The summed E-state index contributed by atoms with van der Waals surface area (Å²) in [6, 6.07) is 2.97. The molecule has 7 nitrogen and oxygen atoms in total. The number of rotatable bonds is 6. The Labute approximate surface area is 125 Å². The van der Waals surface area contributed by atoms with E-state index in [-0.39, 0.29) is 29.9 Å². The van der Waals surface area contributed by atoms with Crippen LogP contribution in [0.4, 0.5) is 5.82 Å². The van der Waals surface area contributed by atoms with Crippen molar-refractivity contribution in [3.63, 3.8) is 0 Å². The van der Waals surface area contributed by atoms with Crippen LogP contribution in [0.3, 0.4) is 0 Å². The van der Waals surface area contributed by atoms with Crippen LogP contribution in [0.5, 0.6) is 0 Å². The summed E-state index contributed by atoms with van der Waals surface area (Å²) in [5, 5.41) is 9.24. The van der Waals surface area contributed by atoms with Crippen LogP contribution < -0.4 is 11.3 Å². The van der Waals surface area contributed by atoms with Crippen LogP contribution in [0.25, 0.3) is 0 Å². The van der Waals surface area contributed by atoms with Crippen molar-refractivity contribution in [2.75, 3.05) is 18.6 Å². The van der Waals surface area contributed by atoms with Gasteiger partial charge in [0.2, 0.25) is 10.0 Å². The van der Waals surface area contributed by atoms with E-state index in [1.807, 2.05) is 0 Å². The van der Waals surface area contributed by atoms with Gasteiger partial charge in [0.25, 0.3) is 0 Å². The molecule has 8 heteroatoms. The van der Waals surface area contributed by atoms with Crippen LogP contribution in [0.1, 0.15) is 32.1 Å². The van der Waals surface area contributed by atoms with E-state index in [2.05, 4.69) is 10.4 Å². The fourth-order valence-corrected chi connectivity index (χ4v) is 4.58. The molecule has 0 radical (unpaired) electrons. The molecule has 0 unspecified atom stereocenters. The third kappa shape index (κ3) is 3.52. The summed E-state index contributed by atoms with van der Waals surface area (Å²) in [7, 11) is -3.74. The van der Waals surface area contributed by atoms with Crippen LogP contribution in [0, 0.1) is 0 Å². The maximum absolute atomic E-state index is 12.9. The third-order valence-electron chi connectivity index (χ3n) is 3.80. The summed E-state index contributed by atoms with van der Waals surface area (Å²) in [5.41, 5.74) is 2.32. The summed E-state index contributed by atoms with van der Waals surface area (Å²) in [6.07, 6.45) is 6.28. The molecular formula is C13H22N4O3S.